The second-order valence-corrected chi connectivity index (χ2v) is 7.35. The van der Waals surface area contributed by atoms with E-state index in [1.165, 1.54) is 22.7 Å². The maximum Gasteiger partial charge on any atom is 0.352 e. The van der Waals surface area contributed by atoms with Crippen molar-refractivity contribution in [1.29, 1.82) is 0 Å². The zero-order chi connectivity index (χ0) is 20.3. The molecular formula is C19H18N2O6S. The van der Waals surface area contributed by atoms with Gasteiger partial charge in [0.15, 0.2) is 6.61 Å². The zero-order valence-electron chi connectivity index (χ0n) is 15.0. The van der Waals surface area contributed by atoms with Gasteiger partial charge in [0.2, 0.25) is 0 Å². The van der Waals surface area contributed by atoms with Gasteiger partial charge in [-0.1, -0.05) is 30.3 Å². The number of thioether (sulfide) groups is 1. The minimum Gasteiger partial charge on any atom is -0.477 e. The molecule has 0 aliphatic carbocycles. The molecule has 0 aromatic heterocycles. The van der Waals surface area contributed by atoms with Gasteiger partial charge in [-0.2, -0.15) is 0 Å². The Morgan fingerprint density at radius 2 is 2.04 bits per heavy atom. The van der Waals surface area contributed by atoms with Crippen LogP contribution in [0.4, 0.5) is 0 Å². The fourth-order valence-corrected chi connectivity index (χ4v) is 4.20. The number of carboxylic acid groups (broad SMARTS) is 1. The first-order valence-corrected chi connectivity index (χ1v) is 9.50. The zero-order valence-corrected chi connectivity index (χ0v) is 15.8. The highest BCUT2D eigenvalue weighted by Gasteiger charge is 2.53. The molecule has 28 heavy (non-hydrogen) atoms. The molecule has 2 aliphatic rings. The van der Waals surface area contributed by atoms with Crippen LogP contribution in [0, 0.1) is 0 Å². The lowest BCUT2D eigenvalue weighted by Gasteiger charge is -2.49. The van der Waals surface area contributed by atoms with Crippen molar-refractivity contribution in [3.8, 4) is 0 Å². The van der Waals surface area contributed by atoms with E-state index in [9.17, 15) is 24.3 Å². The van der Waals surface area contributed by atoms with Crippen LogP contribution in [0.25, 0.3) is 6.08 Å². The summed E-state index contributed by atoms with van der Waals surface area (Å²) in [6.07, 6.45) is 2.77. The van der Waals surface area contributed by atoms with Gasteiger partial charge in [0.25, 0.3) is 11.8 Å². The molecule has 1 aromatic carbocycles. The number of benzene rings is 1. The van der Waals surface area contributed by atoms with Gasteiger partial charge in [0.05, 0.1) is 0 Å². The van der Waals surface area contributed by atoms with E-state index in [1.807, 2.05) is 30.3 Å². The van der Waals surface area contributed by atoms with E-state index in [-0.39, 0.29) is 5.70 Å². The largest absolute Gasteiger partial charge is 0.477 e. The number of fused-ring (bicyclic) bond motifs is 1. The number of nitrogens with zero attached hydrogens (tertiary/aromatic N) is 1. The first-order valence-electron chi connectivity index (χ1n) is 8.45. The maximum absolute atomic E-state index is 12.3. The number of hydrogen-bond acceptors (Lipinski definition) is 6. The van der Waals surface area contributed by atoms with Crippen LogP contribution in [0.3, 0.4) is 0 Å². The number of amides is 2. The highest BCUT2D eigenvalue weighted by Crippen LogP contribution is 2.40. The molecule has 146 valence electrons. The number of esters is 1. The van der Waals surface area contributed by atoms with E-state index in [1.54, 1.807) is 13.0 Å². The van der Waals surface area contributed by atoms with Crippen molar-refractivity contribution >= 4 is 41.6 Å². The third kappa shape index (κ3) is 4.09. The van der Waals surface area contributed by atoms with Crippen molar-refractivity contribution in [1.82, 2.24) is 10.2 Å². The van der Waals surface area contributed by atoms with Crippen molar-refractivity contribution in [2.45, 2.75) is 18.3 Å². The Bertz CT molecular complexity index is 880. The van der Waals surface area contributed by atoms with Crippen molar-refractivity contribution in [3.63, 3.8) is 0 Å². The van der Waals surface area contributed by atoms with E-state index >= 15 is 0 Å². The van der Waals surface area contributed by atoms with Crippen LogP contribution in [-0.4, -0.2) is 57.5 Å². The Hall–Kier alpha value is -3.07. The van der Waals surface area contributed by atoms with E-state index in [0.717, 1.165) is 5.56 Å². The first-order chi connectivity index (χ1) is 13.4. The minimum atomic E-state index is -1.17. The molecule has 2 heterocycles. The lowest BCUT2D eigenvalue weighted by Crippen LogP contribution is -2.70. The number of hydrogen-bond donors (Lipinski definition) is 2. The molecule has 2 atom stereocenters. The second kappa shape index (κ2) is 8.30. The van der Waals surface area contributed by atoms with Crippen molar-refractivity contribution in [2.24, 2.45) is 0 Å². The van der Waals surface area contributed by atoms with Gasteiger partial charge in [-0.05, 0) is 24.1 Å². The number of ether oxygens (including phenoxy) is 1. The first kappa shape index (κ1) is 19.7. The lowest BCUT2D eigenvalue weighted by atomic mass is 10.0. The molecule has 2 N–H and O–H groups in total. The van der Waals surface area contributed by atoms with Gasteiger partial charge < -0.3 is 15.2 Å². The molecule has 1 aromatic rings. The van der Waals surface area contributed by atoms with Gasteiger partial charge >= 0.3 is 11.9 Å². The Kier molecular flexibility index (Phi) is 5.84. The molecule has 0 spiro atoms. The normalized spacial score (nSPS) is 21.2. The number of carbonyl (C=O) groups is 4. The van der Waals surface area contributed by atoms with Crippen LogP contribution >= 0.6 is 11.8 Å². The summed E-state index contributed by atoms with van der Waals surface area (Å²) in [6.45, 7) is 1.13. The van der Waals surface area contributed by atoms with Crippen LogP contribution in [-0.2, 0) is 23.9 Å². The summed E-state index contributed by atoms with van der Waals surface area (Å²) in [7, 11) is 0. The summed E-state index contributed by atoms with van der Waals surface area (Å²) in [5.74, 6) is -2.50. The van der Waals surface area contributed by atoms with Crippen LogP contribution in [0.2, 0.25) is 0 Å². The molecule has 8 nitrogen and oxygen atoms in total. The van der Waals surface area contributed by atoms with Crippen molar-refractivity contribution in [3.05, 3.63) is 53.2 Å². The van der Waals surface area contributed by atoms with Crippen molar-refractivity contribution < 1.29 is 29.0 Å². The highest BCUT2D eigenvalue weighted by molar-refractivity contribution is 8.00. The molecule has 2 amide bonds. The molecule has 9 heteroatoms. The topological polar surface area (TPSA) is 113 Å². The molecule has 0 saturated carbocycles. The molecule has 2 aliphatic heterocycles. The van der Waals surface area contributed by atoms with Gasteiger partial charge in [0, 0.05) is 11.8 Å². The Morgan fingerprint density at radius 1 is 1.32 bits per heavy atom. The Labute approximate surface area is 165 Å². The van der Waals surface area contributed by atoms with Crippen molar-refractivity contribution in [2.75, 3.05) is 12.4 Å². The summed E-state index contributed by atoms with van der Waals surface area (Å²) in [5, 5.41) is 11.3. The molecular weight excluding hydrogens is 384 g/mol. The van der Waals surface area contributed by atoms with Gasteiger partial charge in [0.1, 0.15) is 17.1 Å². The number of rotatable bonds is 6. The van der Waals surface area contributed by atoms with E-state index < -0.39 is 41.8 Å². The average molecular weight is 402 g/mol. The van der Waals surface area contributed by atoms with E-state index in [2.05, 4.69) is 5.32 Å². The highest BCUT2D eigenvalue weighted by atomic mass is 32.2. The Morgan fingerprint density at radius 3 is 2.71 bits per heavy atom. The molecule has 1 unspecified atom stereocenters. The standard InChI is InChI=1S/C19H18N2O6S/c1-11-10-28-18-15(17(24)21(18)16(11)19(25)26)20-13(22)9-27-14(23)8-7-12-5-3-2-4-6-12/h2-8,15,18H,9-10H2,1H3,(H,20,22)(H,25,26)/b8-7+/t15?,18-/m1/s1. The number of carboxylic acids is 1. The fourth-order valence-electron chi connectivity index (χ4n) is 2.90. The van der Waals surface area contributed by atoms with Crippen LogP contribution in [0.5, 0.6) is 0 Å². The van der Waals surface area contributed by atoms with Gasteiger partial charge in [-0.25, -0.2) is 9.59 Å². The summed E-state index contributed by atoms with van der Waals surface area (Å²) in [4.78, 5) is 48.5. The molecule has 1 fully saturated rings. The number of β-lactam (4-membered cyclic amide) rings is 1. The average Bonchev–Trinajstić information content (AvgIpc) is 2.69. The maximum atomic E-state index is 12.3. The van der Waals surface area contributed by atoms with Crippen LogP contribution in [0.15, 0.2) is 47.7 Å². The van der Waals surface area contributed by atoms with E-state index in [0.29, 0.717) is 11.3 Å². The smallest absolute Gasteiger partial charge is 0.352 e. The summed E-state index contributed by atoms with van der Waals surface area (Å²) < 4.78 is 4.87. The predicted molar refractivity (Wildman–Crippen MR) is 102 cm³/mol. The fraction of sp³-hybridized carbons (Fsp3) is 0.263. The minimum absolute atomic E-state index is 0.0308. The summed E-state index contributed by atoms with van der Waals surface area (Å²) in [5.41, 5.74) is 1.39. The van der Waals surface area contributed by atoms with E-state index in [4.69, 9.17) is 4.74 Å². The quantitative estimate of drug-likeness (QED) is 0.415. The third-order valence-corrected chi connectivity index (χ3v) is 5.66. The second-order valence-electron chi connectivity index (χ2n) is 6.24. The molecule has 1 saturated heterocycles. The molecule has 3 rings (SSSR count). The SMILES string of the molecule is CC1=C(C(=O)O)N2C(=O)C(NC(=O)COC(=O)/C=C/c3ccccc3)[C@H]2SC1. The number of aliphatic carboxylic acids is 1. The summed E-state index contributed by atoms with van der Waals surface area (Å²) in [6, 6.07) is 8.30. The van der Waals surface area contributed by atoms with Crippen LogP contribution < -0.4 is 5.32 Å². The number of carbonyl (C=O) groups excluding carboxylic acids is 3. The van der Waals surface area contributed by atoms with Crippen LogP contribution in [0.1, 0.15) is 12.5 Å². The van der Waals surface area contributed by atoms with Gasteiger partial charge in [-0.3, -0.25) is 14.5 Å². The number of nitrogens with one attached hydrogen (secondary N) is 1. The lowest BCUT2D eigenvalue weighted by molar-refractivity contribution is -0.152. The monoisotopic (exact) mass is 402 g/mol. The summed E-state index contributed by atoms with van der Waals surface area (Å²) >= 11 is 1.38. The Balaban J connectivity index is 1.50. The predicted octanol–water partition coefficient (Wildman–Crippen LogP) is 1.00. The molecule has 0 radical (unpaired) electrons. The van der Waals surface area contributed by atoms with Gasteiger partial charge in [-0.15, -0.1) is 11.8 Å². The molecule has 0 bridgehead atoms. The third-order valence-electron chi connectivity index (χ3n) is 4.23.